The third-order valence-corrected chi connectivity index (χ3v) is 5.00. The van der Waals surface area contributed by atoms with Gasteiger partial charge in [-0.15, -0.1) is 0 Å². The van der Waals surface area contributed by atoms with Crippen LogP contribution in [0.3, 0.4) is 0 Å². The van der Waals surface area contributed by atoms with Crippen LogP contribution in [0.2, 0.25) is 0 Å². The molecule has 0 unspecified atom stereocenters. The molecule has 1 aromatic rings. The molecule has 2 aliphatic heterocycles. The van der Waals surface area contributed by atoms with Crippen LogP contribution >= 0.6 is 0 Å². The van der Waals surface area contributed by atoms with Gasteiger partial charge < -0.3 is 15.1 Å². The number of β-amino-alcohol motifs (C(OH)–C–C–N with tert-alkyl or cyclic N) is 1. The molecule has 6 nitrogen and oxygen atoms in total. The number of rotatable bonds is 5. The minimum Gasteiger partial charge on any atom is -0.394 e. The number of amides is 1. The Kier molecular flexibility index (Phi) is 5.84. The number of nitrogens with zero attached hydrogens (tertiary/aromatic N) is 3. The van der Waals surface area contributed by atoms with Crippen LogP contribution in [0, 0.1) is 0 Å². The molecule has 2 saturated heterocycles. The van der Waals surface area contributed by atoms with E-state index in [-0.39, 0.29) is 18.6 Å². The fourth-order valence-corrected chi connectivity index (χ4v) is 3.60. The summed E-state index contributed by atoms with van der Waals surface area (Å²) < 4.78 is 0. The summed E-state index contributed by atoms with van der Waals surface area (Å²) in [6.07, 6.45) is -0.0265. The molecule has 0 saturated carbocycles. The van der Waals surface area contributed by atoms with E-state index in [9.17, 15) is 15.0 Å². The van der Waals surface area contributed by atoms with Crippen LogP contribution in [-0.2, 0) is 11.3 Å². The van der Waals surface area contributed by atoms with Gasteiger partial charge in [0.25, 0.3) is 0 Å². The third-order valence-electron chi connectivity index (χ3n) is 5.00. The largest absolute Gasteiger partial charge is 0.394 e. The smallest absolute Gasteiger partial charge is 0.237 e. The van der Waals surface area contributed by atoms with Gasteiger partial charge in [0.2, 0.25) is 5.91 Å². The number of likely N-dealkylation sites (tertiary alicyclic amines) is 1. The Hall–Kier alpha value is -1.47. The van der Waals surface area contributed by atoms with Crippen molar-refractivity contribution < 1.29 is 15.0 Å². The Balaban J connectivity index is 1.44. The molecule has 0 aliphatic carbocycles. The number of carbonyl (C=O) groups excluding carboxylic acids is 1. The van der Waals surface area contributed by atoms with Crippen molar-refractivity contribution in [3.8, 4) is 0 Å². The fraction of sp³-hybridized carbons (Fsp3) is 0.611. The van der Waals surface area contributed by atoms with Crippen LogP contribution in [-0.4, -0.2) is 88.8 Å². The summed E-state index contributed by atoms with van der Waals surface area (Å²) in [5.41, 5.74) is 1.32. The number of carbonyl (C=O) groups is 1. The minimum absolute atomic E-state index is 0.0158. The fourth-order valence-electron chi connectivity index (χ4n) is 3.60. The second-order valence-electron chi connectivity index (χ2n) is 6.81. The van der Waals surface area contributed by atoms with Crippen molar-refractivity contribution in [2.24, 2.45) is 0 Å². The van der Waals surface area contributed by atoms with E-state index < -0.39 is 6.10 Å². The summed E-state index contributed by atoms with van der Waals surface area (Å²) in [7, 11) is 0. The first-order chi connectivity index (χ1) is 11.7. The maximum absolute atomic E-state index is 12.4. The van der Waals surface area contributed by atoms with Crippen LogP contribution in [0.25, 0.3) is 0 Å². The molecule has 2 aliphatic rings. The van der Waals surface area contributed by atoms with Crippen molar-refractivity contribution in [2.75, 3.05) is 45.9 Å². The molecule has 3 rings (SSSR count). The lowest BCUT2D eigenvalue weighted by atomic mass is 10.2. The van der Waals surface area contributed by atoms with Crippen LogP contribution in [0.1, 0.15) is 12.0 Å². The number of piperazine rings is 1. The molecule has 2 atom stereocenters. The Labute approximate surface area is 143 Å². The molecule has 2 fully saturated rings. The standard InChI is InChI=1S/C18H27N3O3/c22-14-16-10-17(23)12-21(16)18(24)13-20-8-6-19(7-9-20)11-15-4-2-1-3-5-15/h1-5,16-17,22-23H,6-14H2/t16-,17-/m0/s1. The average molecular weight is 333 g/mol. The summed E-state index contributed by atoms with van der Waals surface area (Å²) in [5, 5.41) is 19.1. The molecule has 6 heteroatoms. The molecule has 0 aromatic heterocycles. The second kappa shape index (κ2) is 8.07. The number of hydrogen-bond donors (Lipinski definition) is 2. The second-order valence-corrected chi connectivity index (χ2v) is 6.81. The van der Waals surface area contributed by atoms with Crippen molar-refractivity contribution >= 4 is 5.91 Å². The van der Waals surface area contributed by atoms with Gasteiger partial charge >= 0.3 is 0 Å². The Morgan fingerprint density at radius 1 is 1.08 bits per heavy atom. The highest BCUT2D eigenvalue weighted by Crippen LogP contribution is 2.18. The average Bonchev–Trinajstić information content (AvgIpc) is 2.99. The normalized spacial score (nSPS) is 26.0. The molecular formula is C18H27N3O3. The van der Waals surface area contributed by atoms with Gasteiger partial charge in [-0.2, -0.15) is 0 Å². The Morgan fingerprint density at radius 2 is 1.75 bits per heavy atom. The minimum atomic E-state index is -0.506. The molecule has 0 spiro atoms. The predicted molar refractivity (Wildman–Crippen MR) is 91.4 cm³/mol. The first kappa shape index (κ1) is 17.4. The maximum Gasteiger partial charge on any atom is 0.237 e. The van der Waals surface area contributed by atoms with Crippen molar-refractivity contribution in [2.45, 2.75) is 25.1 Å². The summed E-state index contributed by atoms with van der Waals surface area (Å²) in [6, 6.07) is 10.2. The van der Waals surface area contributed by atoms with Crippen molar-refractivity contribution in [3.05, 3.63) is 35.9 Å². The quantitative estimate of drug-likeness (QED) is 0.778. The molecule has 1 amide bonds. The van der Waals surface area contributed by atoms with E-state index in [1.807, 2.05) is 6.07 Å². The van der Waals surface area contributed by atoms with Gasteiger partial charge in [-0.3, -0.25) is 14.6 Å². The van der Waals surface area contributed by atoms with Crippen LogP contribution < -0.4 is 0 Å². The molecule has 1 aromatic carbocycles. The maximum atomic E-state index is 12.4. The number of aliphatic hydroxyl groups excluding tert-OH is 2. The van der Waals surface area contributed by atoms with E-state index in [4.69, 9.17) is 0 Å². The highest BCUT2D eigenvalue weighted by atomic mass is 16.3. The molecule has 24 heavy (non-hydrogen) atoms. The molecule has 132 valence electrons. The number of aliphatic hydroxyl groups is 2. The van der Waals surface area contributed by atoms with Gasteiger partial charge in [-0.05, 0) is 12.0 Å². The monoisotopic (exact) mass is 333 g/mol. The van der Waals surface area contributed by atoms with Crippen LogP contribution in [0.15, 0.2) is 30.3 Å². The van der Waals surface area contributed by atoms with Crippen molar-refractivity contribution in [1.82, 2.24) is 14.7 Å². The zero-order valence-corrected chi connectivity index (χ0v) is 14.0. The molecule has 2 heterocycles. The van der Waals surface area contributed by atoms with E-state index in [1.165, 1.54) is 5.56 Å². The molecule has 2 N–H and O–H groups in total. The first-order valence-electron chi connectivity index (χ1n) is 8.72. The third kappa shape index (κ3) is 4.33. The van der Waals surface area contributed by atoms with Gasteiger partial charge in [-0.1, -0.05) is 30.3 Å². The van der Waals surface area contributed by atoms with Crippen molar-refractivity contribution in [3.63, 3.8) is 0 Å². The van der Waals surface area contributed by atoms with E-state index >= 15 is 0 Å². The van der Waals surface area contributed by atoms with Gasteiger partial charge in [0.05, 0.1) is 25.3 Å². The molecular weight excluding hydrogens is 306 g/mol. The lowest BCUT2D eigenvalue weighted by molar-refractivity contribution is -0.134. The summed E-state index contributed by atoms with van der Waals surface area (Å²) in [6.45, 7) is 5.25. The Morgan fingerprint density at radius 3 is 2.42 bits per heavy atom. The van der Waals surface area contributed by atoms with Crippen LogP contribution in [0.4, 0.5) is 0 Å². The topological polar surface area (TPSA) is 67.3 Å². The summed E-state index contributed by atoms with van der Waals surface area (Å²) in [4.78, 5) is 18.7. The zero-order valence-electron chi connectivity index (χ0n) is 14.0. The van der Waals surface area contributed by atoms with E-state index in [1.54, 1.807) is 4.90 Å². The summed E-state index contributed by atoms with van der Waals surface area (Å²) in [5.74, 6) is 0.0158. The van der Waals surface area contributed by atoms with E-state index in [0.29, 0.717) is 19.5 Å². The highest BCUT2D eigenvalue weighted by Gasteiger charge is 2.34. The van der Waals surface area contributed by atoms with E-state index in [0.717, 1.165) is 32.7 Å². The number of hydrogen-bond acceptors (Lipinski definition) is 5. The molecule has 0 radical (unpaired) electrons. The number of benzene rings is 1. The highest BCUT2D eigenvalue weighted by molar-refractivity contribution is 5.79. The predicted octanol–water partition coefficient (Wildman–Crippen LogP) is -0.242. The Bertz CT molecular complexity index is 532. The lowest BCUT2D eigenvalue weighted by Gasteiger charge is -2.35. The van der Waals surface area contributed by atoms with Crippen LogP contribution in [0.5, 0.6) is 0 Å². The van der Waals surface area contributed by atoms with Crippen molar-refractivity contribution in [1.29, 1.82) is 0 Å². The lowest BCUT2D eigenvalue weighted by Crippen LogP contribution is -2.50. The SMILES string of the molecule is O=C(CN1CCN(Cc2ccccc2)CC1)N1C[C@@H](O)C[C@H]1CO. The van der Waals surface area contributed by atoms with Gasteiger partial charge in [0.1, 0.15) is 0 Å². The summed E-state index contributed by atoms with van der Waals surface area (Å²) >= 11 is 0. The van der Waals surface area contributed by atoms with Gasteiger partial charge in [0, 0.05) is 39.3 Å². The van der Waals surface area contributed by atoms with Gasteiger partial charge in [0.15, 0.2) is 0 Å². The van der Waals surface area contributed by atoms with E-state index in [2.05, 4.69) is 34.1 Å². The first-order valence-corrected chi connectivity index (χ1v) is 8.72. The van der Waals surface area contributed by atoms with Gasteiger partial charge in [-0.25, -0.2) is 0 Å². The zero-order chi connectivity index (χ0) is 16.9. The molecule has 0 bridgehead atoms.